The van der Waals surface area contributed by atoms with Gasteiger partial charge in [-0.3, -0.25) is 4.79 Å². The molecule has 1 aromatic heterocycles. The number of ketones is 1. The van der Waals surface area contributed by atoms with Crippen molar-refractivity contribution in [2.45, 2.75) is 57.1 Å². The lowest BCUT2D eigenvalue weighted by atomic mass is 9.91. The Labute approximate surface area is 248 Å². The molecule has 9 nitrogen and oxygen atoms in total. The normalized spacial score (nSPS) is 17.3. The number of sulfonamides is 1. The van der Waals surface area contributed by atoms with Crippen molar-refractivity contribution in [2.24, 2.45) is 0 Å². The maximum Gasteiger partial charge on any atom is 0.244 e. The van der Waals surface area contributed by atoms with Gasteiger partial charge in [0.1, 0.15) is 5.82 Å². The first-order valence-corrected chi connectivity index (χ1v) is 15.8. The van der Waals surface area contributed by atoms with E-state index in [0.29, 0.717) is 18.5 Å². The number of benzene rings is 2. The van der Waals surface area contributed by atoms with Gasteiger partial charge in [0.25, 0.3) is 0 Å². The molecule has 11 heteroatoms. The molecular weight excluding hydrogens is 561 g/mol. The van der Waals surface area contributed by atoms with Crippen LogP contribution in [0.4, 0.5) is 4.39 Å². The molecule has 0 saturated carbocycles. The smallest absolute Gasteiger partial charge is 0.244 e. The predicted octanol–water partition coefficient (Wildman–Crippen LogP) is 5.63. The maximum absolute atomic E-state index is 13.4. The minimum Gasteiger partial charge on any atom is -0.356 e. The summed E-state index contributed by atoms with van der Waals surface area (Å²) < 4.78 is 55.8. The molecule has 0 unspecified atom stereocenters. The van der Waals surface area contributed by atoms with Crippen molar-refractivity contribution >= 4 is 26.8 Å². The maximum atomic E-state index is 13.4. The van der Waals surface area contributed by atoms with E-state index in [0.717, 1.165) is 56.8 Å². The number of likely N-dealkylation sites (tertiary alicyclic amines) is 1. The highest BCUT2D eigenvalue weighted by Gasteiger charge is 2.35. The molecule has 2 aromatic carbocycles. The van der Waals surface area contributed by atoms with E-state index in [-0.39, 0.29) is 40.8 Å². The fraction of sp³-hybridized carbons (Fsp3) is 0.484. The van der Waals surface area contributed by atoms with Crippen molar-refractivity contribution in [3.05, 3.63) is 72.7 Å². The monoisotopic (exact) mass is 603 g/mol. The highest BCUT2D eigenvalue weighted by atomic mass is 32.2. The van der Waals surface area contributed by atoms with E-state index in [1.807, 2.05) is 20.8 Å². The second-order valence-corrected chi connectivity index (χ2v) is 11.8. The average molecular weight is 604 g/mol. The summed E-state index contributed by atoms with van der Waals surface area (Å²) in [6.45, 7) is 16.0. The van der Waals surface area contributed by atoms with Gasteiger partial charge in [0, 0.05) is 42.7 Å². The molecule has 0 amide bonds. The van der Waals surface area contributed by atoms with Crippen LogP contribution in [-0.4, -0.2) is 80.8 Å². The first kappa shape index (κ1) is 33.5. The Morgan fingerprint density at radius 2 is 1.74 bits per heavy atom. The summed E-state index contributed by atoms with van der Waals surface area (Å²) in [6, 6.07) is 10.9. The second-order valence-electron chi connectivity index (χ2n) is 9.91. The number of fused-ring (bicyclic) bond motifs is 2. The topological polar surface area (TPSA) is 102 Å². The van der Waals surface area contributed by atoms with Crippen molar-refractivity contribution in [1.82, 2.24) is 14.4 Å². The molecule has 5 rings (SSSR count). The van der Waals surface area contributed by atoms with Crippen LogP contribution in [0.1, 0.15) is 62.0 Å². The van der Waals surface area contributed by atoms with Crippen molar-refractivity contribution in [1.29, 1.82) is 0 Å². The number of rotatable bonds is 9. The minimum atomic E-state index is -3.63. The van der Waals surface area contributed by atoms with Crippen LogP contribution in [0.15, 0.2) is 65.0 Å². The van der Waals surface area contributed by atoms with Crippen LogP contribution in [0.5, 0.6) is 0 Å². The lowest BCUT2D eigenvalue weighted by Crippen LogP contribution is -2.42. The van der Waals surface area contributed by atoms with E-state index in [4.69, 9.17) is 14.0 Å². The molecule has 0 N–H and O–H groups in total. The number of nitrogens with zero attached hydrogens (tertiary/aromatic N) is 3. The predicted molar refractivity (Wildman–Crippen MR) is 160 cm³/mol. The Balaban J connectivity index is 0.000000421. The van der Waals surface area contributed by atoms with E-state index in [1.54, 1.807) is 24.3 Å². The third-order valence-electron chi connectivity index (χ3n) is 7.25. The summed E-state index contributed by atoms with van der Waals surface area (Å²) in [7, 11) is -3.63. The van der Waals surface area contributed by atoms with Gasteiger partial charge in [0.05, 0.1) is 17.1 Å². The van der Waals surface area contributed by atoms with Crippen molar-refractivity contribution < 1.29 is 31.6 Å². The van der Waals surface area contributed by atoms with Crippen LogP contribution in [-0.2, 0) is 19.5 Å². The van der Waals surface area contributed by atoms with Crippen LogP contribution in [0, 0.1) is 5.82 Å². The van der Waals surface area contributed by atoms with Crippen molar-refractivity contribution in [3.63, 3.8) is 0 Å². The van der Waals surface area contributed by atoms with E-state index in [2.05, 4.69) is 23.2 Å². The van der Waals surface area contributed by atoms with Crippen LogP contribution < -0.4 is 0 Å². The molecule has 0 aliphatic carbocycles. The lowest BCUT2D eigenvalue weighted by molar-refractivity contribution is -0.123. The molecule has 42 heavy (non-hydrogen) atoms. The van der Waals surface area contributed by atoms with Gasteiger partial charge in [-0.05, 0) is 83.9 Å². The van der Waals surface area contributed by atoms with Gasteiger partial charge < -0.3 is 18.9 Å². The molecule has 3 aromatic rings. The number of aromatic nitrogens is 1. The zero-order valence-corrected chi connectivity index (χ0v) is 25.6. The number of halogens is 1. The number of Topliss-reactive ketones (excluding diaryl/α,β-unsaturated/α-hetero) is 1. The molecule has 1 fully saturated rings. The third kappa shape index (κ3) is 8.32. The SMILES string of the molecule is C=C.CCOC(C)OCC.O=C1CN(CCCN2CCC(c3noc4cc(F)ccc34)CC2)S(=O)(=O)c2ccccc21. The van der Waals surface area contributed by atoms with Gasteiger partial charge in [0.2, 0.25) is 10.0 Å². The van der Waals surface area contributed by atoms with Gasteiger partial charge in [-0.25, -0.2) is 12.8 Å². The lowest BCUT2D eigenvalue weighted by Gasteiger charge is -2.32. The molecule has 0 bridgehead atoms. The van der Waals surface area contributed by atoms with E-state index >= 15 is 0 Å². The Kier molecular flexibility index (Phi) is 12.8. The van der Waals surface area contributed by atoms with Crippen LogP contribution in [0.25, 0.3) is 11.0 Å². The molecule has 0 spiro atoms. The number of hydrogen-bond donors (Lipinski definition) is 0. The molecule has 3 heterocycles. The molecule has 2 aliphatic rings. The number of hydrogen-bond acceptors (Lipinski definition) is 8. The number of carbonyl (C=O) groups excluding carboxylic acids is 1. The Morgan fingerprint density at radius 1 is 1.07 bits per heavy atom. The van der Waals surface area contributed by atoms with Crippen molar-refractivity contribution in [2.75, 3.05) is 45.9 Å². The van der Waals surface area contributed by atoms with E-state index in [9.17, 15) is 17.6 Å². The van der Waals surface area contributed by atoms with Gasteiger partial charge in [-0.2, -0.15) is 4.31 Å². The summed E-state index contributed by atoms with van der Waals surface area (Å²) in [5.41, 5.74) is 1.64. The Hall–Kier alpha value is -2.96. The molecule has 230 valence electrons. The molecule has 0 radical (unpaired) electrons. The van der Waals surface area contributed by atoms with E-state index in [1.165, 1.54) is 22.5 Å². The fourth-order valence-electron chi connectivity index (χ4n) is 5.23. The van der Waals surface area contributed by atoms with Crippen molar-refractivity contribution in [3.8, 4) is 0 Å². The number of carbonyl (C=O) groups is 1. The summed E-state index contributed by atoms with van der Waals surface area (Å²) in [5, 5.41) is 5.05. The highest BCUT2D eigenvalue weighted by molar-refractivity contribution is 7.89. The Morgan fingerprint density at radius 3 is 2.40 bits per heavy atom. The Bertz CT molecular complexity index is 1400. The molecule has 1 saturated heterocycles. The third-order valence-corrected chi connectivity index (χ3v) is 9.15. The van der Waals surface area contributed by atoms with Gasteiger partial charge in [0.15, 0.2) is 17.7 Å². The van der Waals surface area contributed by atoms with Gasteiger partial charge in [-0.15, -0.1) is 13.2 Å². The first-order valence-electron chi connectivity index (χ1n) is 14.4. The molecule has 0 atom stereocenters. The first-order chi connectivity index (χ1) is 20.2. The largest absolute Gasteiger partial charge is 0.356 e. The average Bonchev–Trinajstić information content (AvgIpc) is 3.41. The summed E-state index contributed by atoms with van der Waals surface area (Å²) in [6.07, 6.45) is 2.44. The zero-order chi connectivity index (χ0) is 30.7. The molecular formula is C31H42FN3O6S. The zero-order valence-electron chi connectivity index (χ0n) is 24.8. The standard InChI is InChI=1S/C23H24FN3O4S.C6H14O2.C2H4/c24-17-6-7-19-21(14-17)31-25-23(19)16-8-12-26(13-9-16)10-3-11-27-15-20(28)18-4-1-2-5-22(18)32(27,29)30;1-4-7-6(3)8-5-2;1-2/h1-2,4-7,14,16H,3,8-13,15H2;6H,4-5H2,1-3H3;1-2H2. The summed E-state index contributed by atoms with van der Waals surface area (Å²) >= 11 is 0. The number of piperidine rings is 1. The van der Waals surface area contributed by atoms with Gasteiger partial charge >= 0.3 is 0 Å². The quantitative estimate of drug-likeness (QED) is 0.229. The van der Waals surface area contributed by atoms with E-state index < -0.39 is 10.0 Å². The summed E-state index contributed by atoms with van der Waals surface area (Å²) in [5.74, 6) is -0.235. The van der Waals surface area contributed by atoms with Crippen LogP contribution in [0.2, 0.25) is 0 Å². The van der Waals surface area contributed by atoms with Gasteiger partial charge in [-0.1, -0.05) is 17.3 Å². The molecule has 2 aliphatic heterocycles. The van der Waals surface area contributed by atoms with Crippen LogP contribution >= 0.6 is 0 Å². The second kappa shape index (κ2) is 16.0. The number of ether oxygens (including phenoxy) is 2. The van der Waals surface area contributed by atoms with Crippen LogP contribution in [0.3, 0.4) is 0 Å². The summed E-state index contributed by atoms with van der Waals surface area (Å²) in [4.78, 5) is 14.8. The fourth-order valence-corrected chi connectivity index (χ4v) is 6.88. The minimum absolute atomic E-state index is 0.0370. The highest BCUT2D eigenvalue weighted by Crippen LogP contribution is 2.33.